The standard InChI is InChI=1S/C13H20N2O2/c1-8-7-9(2)11(14-10(8)3)15-12(16)17-13(4,5)6/h7H,1-6H3,(H,14,15,16). The van der Waals surface area contributed by atoms with Crippen LogP contribution in [-0.2, 0) is 4.74 Å². The highest BCUT2D eigenvalue weighted by molar-refractivity contribution is 5.84. The van der Waals surface area contributed by atoms with Gasteiger partial charge in [-0.2, -0.15) is 0 Å². The van der Waals surface area contributed by atoms with E-state index in [2.05, 4.69) is 10.3 Å². The van der Waals surface area contributed by atoms with Crippen molar-refractivity contribution in [3.05, 3.63) is 22.9 Å². The van der Waals surface area contributed by atoms with Crippen LogP contribution in [0.4, 0.5) is 10.6 Å². The Morgan fingerprint density at radius 1 is 1.24 bits per heavy atom. The van der Waals surface area contributed by atoms with E-state index in [1.54, 1.807) is 0 Å². The Labute approximate surface area is 102 Å². The number of anilines is 1. The average Bonchev–Trinajstić information content (AvgIpc) is 2.11. The summed E-state index contributed by atoms with van der Waals surface area (Å²) in [4.78, 5) is 15.9. The summed E-state index contributed by atoms with van der Waals surface area (Å²) in [5.74, 6) is 0.558. The molecule has 0 aliphatic heterocycles. The molecule has 1 N–H and O–H groups in total. The van der Waals surface area contributed by atoms with Crippen LogP contribution >= 0.6 is 0 Å². The van der Waals surface area contributed by atoms with Crippen molar-refractivity contribution in [1.82, 2.24) is 4.98 Å². The van der Waals surface area contributed by atoms with Gasteiger partial charge in [0.25, 0.3) is 0 Å². The summed E-state index contributed by atoms with van der Waals surface area (Å²) < 4.78 is 5.18. The molecule has 4 heteroatoms. The highest BCUT2D eigenvalue weighted by Gasteiger charge is 2.17. The molecule has 0 bridgehead atoms. The van der Waals surface area contributed by atoms with Crippen molar-refractivity contribution in [2.75, 3.05) is 5.32 Å². The molecular weight excluding hydrogens is 216 g/mol. The van der Waals surface area contributed by atoms with Crippen LogP contribution in [-0.4, -0.2) is 16.7 Å². The van der Waals surface area contributed by atoms with E-state index in [0.29, 0.717) is 5.82 Å². The van der Waals surface area contributed by atoms with E-state index in [4.69, 9.17) is 4.74 Å². The Bertz CT molecular complexity index is 434. The quantitative estimate of drug-likeness (QED) is 0.813. The number of amides is 1. The van der Waals surface area contributed by atoms with Gasteiger partial charge in [0.1, 0.15) is 11.4 Å². The molecule has 0 aliphatic rings. The lowest BCUT2D eigenvalue weighted by Crippen LogP contribution is -2.27. The summed E-state index contributed by atoms with van der Waals surface area (Å²) in [7, 11) is 0. The summed E-state index contributed by atoms with van der Waals surface area (Å²) in [5, 5.41) is 2.66. The second kappa shape index (κ2) is 4.73. The monoisotopic (exact) mass is 236 g/mol. The summed E-state index contributed by atoms with van der Waals surface area (Å²) in [6, 6.07) is 2.00. The largest absolute Gasteiger partial charge is 0.444 e. The van der Waals surface area contributed by atoms with E-state index in [1.807, 2.05) is 47.6 Å². The van der Waals surface area contributed by atoms with Crippen molar-refractivity contribution in [2.45, 2.75) is 47.1 Å². The first-order chi connectivity index (χ1) is 7.69. The molecular formula is C13H20N2O2. The summed E-state index contributed by atoms with van der Waals surface area (Å²) >= 11 is 0. The number of nitrogens with zero attached hydrogens (tertiary/aromatic N) is 1. The predicted molar refractivity (Wildman–Crippen MR) is 68.3 cm³/mol. The van der Waals surface area contributed by atoms with E-state index in [0.717, 1.165) is 16.8 Å². The van der Waals surface area contributed by atoms with Crippen molar-refractivity contribution in [2.24, 2.45) is 0 Å². The first-order valence-corrected chi connectivity index (χ1v) is 5.64. The third-order valence-electron chi connectivity index (χ3n) is 2.28. The van der Waals surface area contributed by atoms with Gasteiger partial charge in [0.15, 0.2) is 0 Å². The highest BCUT2D eigenvalue weighted by Crippen LogP contribution is 2.17. The van der Waals surface area contributed by atoms with E-state index < -0.39 is 11.7 Å². The number of nitrogens with one attached hydrogen (secondary N) is 1. The van der Waals surface area contributed by atoms with Crippen LogP contribution in [0.25, 0.3) is 0 Å². The fraction of sp³-hybridized carbons (Fsp3) is 0.538. The molecule has 0 radical (unpaired) electrons. The molecule has 0 aromatic carbocycles. The first kappa shape index (κ1) is 13.5. The molecule has 17 heavy (non-hydrogen) atoms. The Hall–Kier alpha value is -1.58. The lowest BCUT2D eigenvalue weighted by Gasteiger charge is -2.20. The van der Waals surface area contributed by atoms with Gasteiger partial charge in [-0.1, -0.05) is 6.07 Å². The van der Waals surface area contributed by atoms with Crippen LogP contribution < -0.4 is 5.32 Å². The second-order valence-corrected chi connectivity index (χ2v) is 5.18. The lowest BCUT2D eigenvalue weighted by molar-refractivity contribution is 0.0635. The van der Waals surface area contributed by atoms with Crippen LogP contribution in [0.15, 0.2) is 6.07 Å². The molecule has 0 spiro atoms. The van der Waals surface area contributed by atoms with Crippen molar-refractivity contribution in [1.29, 1.82) is 0 Å². The van der Waals surface area contributed by atoms with E-state index >= 15 is 0 Å². The van der Waals surface area contributed by atoms with Crippen molar-refractivity contribution < 1.29 is 9.53 Å². The molecule has 1 heterocycles. The van der Waals surface area contributed by atoms with Crippen LogP contribution in [0.3, 0.4) is 0 Å². The smallest absolute Gasteiger partial charge is 0.413 e. The van der Waals surface area contributed by atoms with Crippen molar-refractivity contribution >= 4 is 11.9 Å². The SMILES string of the molecule is Cc1cc(C)c(NC(=O)OC(C)(C)C)nc1C. The fourth-order valence-corrected chi connectivity index (χ4v) is 1.37. The minimum absolute atomic E-state index is 0.476. The summed E-state index contributed by atoms with van der Waals surface area (Å²) in [6.45, 7) is 11.3. The van der Waals surface area contributed by atoms with Gasteiger partial charge in [-0.3, -0.25) is 5.32 Å². The zero-order chi connectivity index (χ0) is 13.2. The van der Waals surface area contributed by atoms with Gasteiger partial charge in [0.05, 0.1) is 0 Å². The molecule has 1 aromatic rings. The molecule has 1 rings (SSSR count). The number of hydrogen-bond donors (Lipinski definition) is 1. The third-order valence-corrected chi connectivity index (χ3v) is 2.28. The number of ether oxygens (including phenoxy) is 1. The minimum atomic E-state index is -0.502. The van der Waals surface area contributed by atoms with E-state index in [9.17, 15) is 4.79 Å². The summed E-state index contributed by atoms with van der Waals surface area (Å²) in [6.07, 6.45) is -0.476. The molecule has 0 saturated heterocycles. The molecule has 1 aromatic heterocycles. The number of carbonyl (C=O) groups is 1. The molecule has 0 unspecified atom stereocenters. The van der Waals surface area contributed by atoms with Gasteiger partial charge in [-0.25, -0.2) is 9.78 Å². The third kappa shape index (κ3) is 4.06. The number of aryl methyl sites for hydroxylation is 3. The number of carbonyl (C=O) groups excluding carboxylic acids is 1. The molecule has 4 nitrogen and oxygen atoms in total. The number of rotatable bonds is 1. The van der Waals surface area contributed by atoms with E-state index in [1.165, 1.54) is 0 Å². The Kier molecular flexibility index (Phi) is 3.76. The number of aromatic nitrogens is 1. The van der Waals surface area contributed by atoms with Gasteiger partial charge in [0.2, 0.25) is 0 Å². The predicted octanol–water partition coefficient (Wildman–Crippen LogP) is 3.35. The van der Waals surface area contributed by atoms with Gasteiger partial charge in [-0.15, -0.1) is 0 Å². The molecule has 0 fully saturated rings. The zero-order valence-electron chi connectivity index (χ0n) is 11.3. The topological polar surface area (TPSA) is 51.2 Å². The average molecular weight is 236 g/mol. The van der Waals surface area contributed by atoms with Crippen molar-refractivity contribution in [3.8, 4) is 0 Å². The first-order valence-electron chi connectivity index (χ1n) is 5.64. The summed E-state index contributed by atoms with van der Waals surface area (Å²) in [5.41, 5.74) is 2.44. The Morgan fingerprint density at radius 2 is 1.82 bits per heavy atom. The van der Waals surface area contributed by atoms with Gasteiger partial charge < -0.3 is 4.74 Å². The molecule has 1 amide bonds. The number of hydrogen-bond acceptors (Lipinski definition) is 3. The van der Waals surface area contributed by atoms with Crippen LogP contribution in [0.1, 0.15) is 37.6 Å². The van der Waals surface area contributed by atoms with Gasteiger partial charge >= 0.3 is 6.09 Å². The maximum Gasteiger partial charge on any atom is 0.413 e. The molecule has 0 atom stereocenters. The minimum Gasteiger partial charge on any atom is -0.444 e. The molecule has 94 valence electrons. The van der Waals surface area contributed by atoms with E-state index in [-0.39, 0.29) is 0 Å². The van der Waals surface area contributed by atoms with Crippen LogP contribution in [0.5, 0.6) is 0 Å². The van der Waals surface area contributed by atoms with Crippen LogP contribution in [0.2, 0.25) is 0 Å². The maximum atomic E-state index is 11.6. The van der Waals surface area contributed by atoms with Crippen LogP contribution in [0, 0.1) is 20.8 Å². The van der Waals surface area contributed by atoms with Crippen molar-refractivity contribution in [3.63, 3.8) is 0 Å². The van der Waals surface area contributed by atoms with Gasteiger partial charge in [0, 0.05) is 5.69 Å². The Balaban J connectivity index is 2.82. The second-order valence-electron chi connectivity index (χ2n) is 5.18. The Morgan fingerprint density at radius 3 is 2.35 bits per heavy atom. The van der Waals surface area contributed by atoms with Gasteiger partial charge in [-0.05, 0) is 52.7 Å². The lowest BCUT2D eigenvalue weighted by atomic mass is 10.1. The molecule has 0 aliphatic carbocycles. The number of pyridine rings is 1. The highest BCUT2D eigenvalue weighted by atomic mass is 16.6. The fourth-order valence-electron chi connectivity index (χ4n) is 1.37. The normalized spacial score (nSPS) is 11.2. The maximum absolute atomic E-state index is 11.6. The molecule has 0 saturated carbocycles. The zero-order valence-corrected chi connectivity index (χ0v) is 11.3.